The van der Waals surface area contributed by atoms with Crippen LogP contribution in [0.4, 0.5) is 0 Å². The zero-order chi connectivity index (χ0) is 12.3. The fourth-order valence-corrected chi connectivity index (χ4v) is 1.63. The monoisotopic (exact) mass is 327 g/mol. The van der Waals surface area contributed by atoms with Crippen molar-refractivity contribution in [3.63, 3.8) is 0 Å². The third-order valence-corrected chi connectivity index (χ3v) is 2.59. The van der Waals surface area contributed by atoms with Crippen molar-refractivity contribution >= 4 is 17.4 Å². The Bertz CT molecular complexity index is 543. The van der Waals surface area contributed by atoms with E-state index < -0.39 is 0 Å². The van der Waals surface area contributed by atoms with Crippen molar-refractivity contribution in [2.45, 2.75) is 6.54 Å². The number of nitrogens with zero attached hydrogens (tertiary/aromatic N) is 1. The molecule has 1 N–H and O–H groups in total. The second kappa shape index (κ2) is 6.52. The Labute approximate surface area is 120 Å². The van der Waals surface area contributed by atoms with Crippen molar-refractivity contribution in [2.75, 3.05) is 0 Å². The van der Waals surface area contributed by atoms with Crippen LogP contribution in [0.3, 0.4) is 0 Å². The maximum absolute atomic E-state index is 11.9. The van der Waals surface area contributed by atoms with Crippen LogP contribution in [0.15, 0.2) is 48.8 Å². The fourth-order valence-electron chi connectivity index (χ4n) is 1.50. The Balaban J connectivity index is 0.00000162. The highest BCUT2D eigenvalue weighted by Crippen LogP contribution is 2.10. The fraction of sp³-hybridized carbons (Fsp3) is 0.0769. The maximum Gasteiger partial charge on any atom is 0.227 e. The quantitative estimate of drug-likeness (QED) is 0.593. The number of halogens is 2. The number of hydrogen-bond acceptors (Lipinski definition) is 2. The van der Waals surface area contributed by atoms with Crippen molar-refractivity contribution in [2.24, 2.45) is 0 Å². The summed E-state index contributed by atoms with van der Waals surface area (Å²) < 4.78 is 1.63. The predicted octanol–water partition coefficient (Wildman–Crippen LogP) is -0.780. The number of Topliss-reactive ketones (excluding diaryl/α,β-unsaturated/α-hetero) is 1. The molecule has 0 radical (unpaired) electrons. The molecule has 0 unspecified atom stereocenters. The molecular weight excluding hydrogens is 318 g/mol. The van der Waals surface area contributed by atoms with E-state index in [-0.39, 0.29) is 35.1 Å². The second-order valence-electron chi connectivity index (χ2n) is 3.66. The first-order chi connectivity index (χ1) is 8.15. The molecule has 0 atom stereocenters. The van der Waals surface area contributed by atoms with Crippen LogP contribution in [-0.4, -0.2) is 10.9 Å². The minimum atomic E-state index is -0.0303. The lowest BCUT2D eigenvalue weighted by Crippen LogP contribution is -3.00. The van der Waals surface area contributed by atoms with Gasteiger partial charge in [-0.25, -0.2) is 0 Å². The van der Waals surface area contributed by atoms with Gasteiger partial charge in [0.2, 0.25) is 18.5 Å². The molecule has 0 aliphatic rings. The van der Waals surface area contributed by atoms with Gasteiger partial charge in [0, 0.05) is 16.7 Å². The summed E-state index contributed by atoms with van der Waals surface area (Å²) in [5.74, 6) is 0.105. The Morgan fingerprint density at radius 2 is 1.89 bits per heavy atom. The Morgan fingerprint density at radius 3 is 2.50 bits per heavy atom. The molecule has 0 fully saturated rings. The van der Waals surface area contributed by atoms with Gasteiger partial charge in [-0.15, -0.1) is 0 Å². The van der Waals surface area contributed by atoms with Gasteiger partial charge in [0.25, 0.3) is 0 Å². The molecule has 0 bridgehead atoms. The zero-order valence-electron chi connectivity index (χ0n) is 9.38. The maximum atomic E-state index is 11.9. The summed E-state index contributed by atoms with van der Waals surface area (Å²) in [4.78, 5) is 11.9. The number of hydrogen-bond donors (Lipinski definition) is 1. The molecule has 1 aromatic carbocycles. The van der Waals surface area contributed by atoms with Crippen LogP contribution < -0.4 is 21.5 Å². The molecule has 0 saturated heterocycles. The first kappa shape index (κ1) is 14.7. The molecule has 0 saturated carbocycles. The minimum Gasteiger partial charge on any atom is -1.00 e. The van der Waals surface area contributed by atoms with Gasteiger partial charge in [0.1, 0.15) is 0 Å². The van der Waals surface area contributed by atoms with Gasteiger partial charge in [0.15, 0.2) is 11.9 Å². The summed E-state index contributed by atoms with van der Waals surface area (Å²) in [6.45, 7) is 0.191. The van der Waals surface area contributed by atoms with E-state index in [1.807, 2.05) is 0 Å². The van der Waals surface area contributed by atoms with Gasteiger partial charge in [0.05, 0.1) is 0 Å². The topological polar surface area (TPSA) is 41.2 Å². The predicted molar refractivity (Wildman–Crippen MR) is 64.1 cm³/mol. The van der Waals surface area contributed by atoms with E-state index in [4.69, 9.17) is 11.6 Å². The Hall–Kier alpha value is -1.39. The lowest BCUT2D eigenvalue weighted by atomic mass is 10.1. The van der Waals surface area contributed by atoms with Gasteiger partial charge >= 0.3 is 0 Å². The molecule has 0 aliphatic heterocycles. The van der Waals surface area contributed by atoms with Crippen molar-refractivity contribution in [1.29, 1.82) is 0 Å². The van der Waals surface area contributed by atoms with Crippen LogP contribution in [0.5, 0.6) is 5.75 Å². The van der Waals surface area contributed by atoms with Gasteiger partial charge in [-0.05, 0) is 30.3 Å². The summed E-state index contributed by atoms with van der Waals surface area (Å²) in [6, 6.07) is 9.99. The van der Waals surface area contributed by atoms with E-state index in [0.717, 1.165) is 0 Å². The number of pyridine rings is 1. The van der Waals surface area contributed by atoms with Crippen LogP contribution in [0.2, 0.25) is 5.02 Å². The Morgan fingerprint density at radius 1 is 1.22 bits per heavy atom. The van der Waals surface area contributed by atoms with Crippen LogP contribution in [0, 0.1) is 0 Å². The summed E-state index contributed by atoms with van der Waals surface area (Å²) >= 11 is 5.75. The van der Waals surface area contributed by atoms with Crippen molar-refractivity contribution in [1.82, 2.24) is 0 Å². The van der Waals surface area contributed by atoms with Crippen LogP contribution in [0.25, 0.3) is 0 Å². The van der Waals surface area contributed by atoms with E-state index in [9.17, 15) is 9.90 Å². The largest absolute Gasteiger partial charge is 1.00 e. The van der Waals surface area contributed by atoms with E-state index >= 15 is 0 Å². The number of ketones is 1. The molecule has 0 spiro atoms. The number of carbonyl (C=O) groups is 1. The van der Waals surface area contributed by atoms with Crippen molar-refractivity contribution < 1.29 is 31.4 Å². The van der Waals surface area contributed by atoms with Crippen molar-refractivity contribution in [3.05, 3.63) is 59.4 Å². The highest BCUT2D eigenvalue weighted by molar-refractivity contribution is 6.30. The molecule has 2 aromatic rings. The highest BCUT2D eigenvalue weighted by atomic mass is 79.9. The molecule has 18 heavy (non-hydrogen) atoms. The molecule has 5 heteroatoms. The molecule has 0 amide bonds. The third-order valence-electron chi connectivity index (χ3n) is 2.33. The van der Waals surface area contributed by atoms with Crippen LogP contribution in [0.1, 0.15) is 10.4 Å². The van der Waals surface area contributed by atoms with Crippen LogP contribution in [-0.2, 0) is 6.54 Å². The first-order valence-electron chi connectivity index (χ1n) is 5.12. The Kier molecular flexibility index (Phi) is 5.31. The van der Waals surface area contributed by atoms with Gasteiger partial charge in [-0.2, -0.15) is 4.57 Å². The third kappa shape index (κ3) is 3.82. The van der Waals surface area contributed by atoms with Gasteiger partial charge < -0.3 is 22.1 Å². The molecule has 0 aliphatic carbocycles. The number of aromatic nitrogens is 1. The van der Waals surface area contributed by atoms with E-state index in [1.54, 1.807) is 47.2 Å². The number of benzene rings is 1. The lowest BCUT2D eigenvalue weighted by molar-refractivity contribution is -0.683. The lowest BCUT2D eigenvalue weighted by Gasteiger charge is -1.98. The number of rotatable bonds is 3. The molecule has 94 valence electrons. The summed E-state index contributed by atoms with van der Waals surface area (Å²) in [7, 11) is 0. The summed E-state index contributed by atoms with van der Waals surface area (Å²) in [5.41, 5.74) is 0.602. The van der Waals surface area contributed by atoms with Gasteiger partial charge in [-0.1, -0.05) is 11.6 Å². The zero-order valence-corrected chi connectivity index (χ0v) is 11.7. The number of aromatic hydroxyl groups is 1. The van der Waals surface area contributed by atoms with E-state index in [2.05, 4.69) is 0 Å². The molecule has 1 aromatic heterocycles. The first-order valence-corrected chi connectivity index (χ1v) is 5.50. The minimum absolute atomic E-state index is 0. The smallest absolute Gasteiger partial charge is 0.227 e. The summed E-state index contributed by atoms with van der Waals surface area (Å²) in [5, 5.41) is 9.89. The van der Waals surface area contributed by atoms with E-state index in [0.29, 0.717) is 10.6 Å². The van der Waals surface area contributed by atoms with E-state index in [1.165, 1.54) is 6.20 Å². The molecule has 2 rings (SSSR count). The second-order valence-corrected chi connectivity index (χ2v) is 4.10. The van der Waals surface area contributed by atoms with Gasteiger partial charge in [-0.3, -0.25) is 4.79 Å². The molecule has 3 nitrogen and oxygen atoms in total. The SMILES string of the molecule is O=C(C[n+]1cccc(O)c1)c1ccc(Cl)cc1.[Br-]. The average molecular weight is 329 g/mol. The molecule has 1 heterocycles. The van der Waals surface area contributed by atoms with Crippen molar-refractivity contribution in [3.8, 4) is 5.75 Å². The average Bonchev–Trinajstić information content (AvgIpc) is 2.29. The van der Waals surface area contributed by atoms with Crippen LogP contribution >= 0.6 is 11.6 Å². The summed E-state index contributed by atoms with van der Waals surface area (Å²) in [6.07, 6.45) is 3.24. The molecular formula is C13H11BrClNO2. The number of carbonyl (C=O) groups excluding carboxylic acids is 1. The normalized spacial score (nSPS) is 9.61. The standard InChI is InChI=1S/C13H10ClNO2.BrH/c14-11-5-3-10(4-6-11)13(17)9-15-7-1-2-12(16)8-15;/h1-8H,9H2;1H. The highest BCUT2D eigenvalue weighted by Gasteiger charge is 2.12.